The zero-order chi connectivity index (χ0) is 45.9. The highest BCUT2D eigenvalue weighted by Gasteiger charge is 2.24. The summed E-state index contributed by atoms with van der Waals surface area (Å²) in [4.78, 5) is 26.2. The van der Waals surface area contributed by atoms with Crippen molar-refractivity contribution in [1.82, 2.24) is 5.32 Å². The molecule has 6 heteroatoms. The number of hydrogen-bond acceptors (Lipinski definition) is 5. The Morgan fingerprint density at radius 1 is 0.460 bits per heavy atom. The highest BCUT2D eigenvalue weighted by molar-refractivity contribution is 5.77. The number of rotatable bonds is 50. The third-order valence-corrected chi connectivity index (χ3v) is 12.7. The lowest BCUT2D eigenvalue weighted by molar-refractivity contribution is -0.151. The van der Waals surface area contributed by atoms with E-state index in [1.165, 1.54) is 173 Å². The van der Waals surface area contributed by atoms with E-state index in [1.54, 1.807) is 0 Å². The van der Waals surface area contributed by atoms with Crippen LogP contribution < -0.4 is 5.32 Å². The third kappa shape index (κ3) is 46.4. The molecule has 6 nitrogen and oxygen atoms in total. The lowest BCUT2D eigenvalue weighted by Crippen LogP contribution is -2.46. The zero-order valence-corrected chi connectivity index (χ0v) is 42.2. The van der Waals surface area contributed by atoms with Crippen LogP contribution in [0.15, 0.2) is 36.5 Å². The molecule has 0 rings (SSSR count). The van der Waals surface area contributed by atoms with E-state index in [0.717, 1.165) is 70.6 Å². The maximum absolute atomic E-state index is 13.2. The van der Waals surface area contributed by atoms with Crippen LogP contribution in [0.2, 0.25) is 0 Å². The molecule has 0 aromatic rings. The van der Waals surface area contributed by atoms with E-state index >= 15 is 0 Å². The van der Waals surface area contributed by atoms with Crippen molar-refractivity contribution in [3.05, 3.63) is 36.5 Å². The number of aliphatic hydroxyl groups excluding tert-OH is 2. The van der Waals surface area contributed by atoms with Gasteiger partial charge >= 0.3 is 5.97 Å². The van der Waals surface area contributed by atoms with Crippen molar-refractivity contribution in [1.29, 1.82) is 0 Å². The molecular weight excluding hydrogens is 779 g/mol. The van der Waals surface area contributed by atoms with Gasteiger partial charge < -0.3 is 20.3 Å². The number of aliphatic hydroxyl groups is 2. The monoisotopic (exact) mass is 886 g/mol. The van der Waals surface area contributed by atoms with Gasteiger partial charge in [-0.3, -0.25) is 9.59 Å². The molecule has 0 fully saturated rings. The van der Waals surface area contributed by atoms with Gasteiger partial charge in [0.25, 0.3) is 0 Å². The Hall–Kier alpha value is -1.92. The summed E-state index contributed by atoms with van der Waals surface area (Å²) in [5, 5.41) is 23.9. The zero-order valence-electron chi connectivity index (χ0n) is 42.2. The maximum atomic E-state index is 13.2. The van der Waals surface area contributed by atoms with Gasteiger partial charge in [0.1, 0.15) is 6.10 Å². The molecule has 3 atom stereocenters. The van der Waals surface area contributed by atoms with Crippen LogP contribution in [0.25, 0.3) is 0 Å². The van der Waals surface area contributed by atoms with Gasteiger partial charge in [-0.2, -0.15) is 0 Å². The van der Waals surface area contributed by atoms with E-state index in [1.807, 2.05) is 0 Å². The maximum Gasteiger partial charge on any atom is 0.306 e. The van der Waals surface area contributed by atoms with Crippen molar-refractivity contribution in [2.45, 2.75) is 309 Å². The summed E-state index contributed by atoms with van der Waals surface area (Å²) in [5.41, 5.74) is 0. The van der Waals surface area contributed by atoms with Gasteiger partial charge in [0.05, 0.1) is 25.2 Å². The smallest absolute Gasteiger partial charge is 0.306 e. The minimum Gasteiger partial charge on any atom is -0.462 e. The predicted molar refractivity (Wildman–Crippen MR) is 273 cm³/mol. The first-order valence-corrected chi connectivity index (χ1v) is 27.7. The van der Waals surface area contributed by atoms with Gasteiger partial charge in [-0.25, -0.2) is 0 Å². The van der Waals surface area contributed by atoms with Crippen LogP contribution >= 0.6 is 0 Å². The van der Waals surface area contributed by atoms with Crippen LogP contribution in [0, 0.1) is 0 Å². The topological polar surface area (TPSA) is 95.9 Å². The highest BCUT2D eigenvalue weighted by atomic mass is 16.5. The average Bonchev–Trinajstić information content (AvgIpc) is 3.28. The summed E-state index contributed by atoms with van der Waals surface area (Å²) in [6.45, 7) is 6.44. The first-order valence-electron chi connectivity index (χ1n) is 27.7. The van der Waals surface area contributed by atoms with Crippen LogP contribution in [-0.4, -0.2) is 46.9 Å². The molecule has 0 aliphatic heterocycles. The summed E-state index contributed by atoms with van der Waals surface area (Å²) in [7, 11) is 0. The van der Waals surface area contributed by atoms with Gasteiger partial charge in [-0.15, -0.1) is 0 Å². The standard InChI is InChI=1S/C57H107NO5/c1-4-7-10-13-16-19-22-24-26-28-29-31-34-36-39-42-45-48-53(63-57(62)50-47-44-41-38-33-21-18-15-12-9-6-3)51-56(61)58-54(52-59)55(60)49-46-43-40-37-35-32-30-27-25-23-20-17-14-11-8-5-2/h15-16,18-19,24,26,53-55,59-60H,4-14,17,20-23,25,27-52H2,1-3H3,(H,58,61)/b18-15-,19-16-,26-24-. The third-order valence-electron chi connectivity index (χ3n) is 12.7. The van der Waals surface area contributed by atoms with Gasteiger partial charge in [0.2, 0.25) is 5.91 Å². The van der Waals surface area contributed by atoms with Crippen molar-refractivity contribution in [2.24, 2.45) is 0 Å². The summed E-state index contributed by atoms with van der Waals surface area (Å²) in [6, 6.07) is -0.704. The number of unbranched alkanes of at least 4 members (excludes halogenated alkanes) is 32. The number of esters is 1. The number of carbonyl (C=O) groups excluding carboxylic acids is 2. The lowest BCUT2D eigenvalue weighted by atomic mass is 10.0. The van der Waals surface area contributed by atoms with E-state index in [0.29, 0.717) is 19.3 Å². The molecule has 0 spiro atoms. The van der Waals surface area contributed by atoms with Crippen LogP contribution in [0.4, 0.5) is 0 Å². The first kappa shape index (κ1) is 61.1. The first-order chi connectivity index (χ1) is 31.0. The van der Waals surface area contributed by atoms with E-state index in [9.17, 15) is 19.8 Å². The quantitative estimate of drug-likeness (QED) is 0.0321. The van der Waals surface area contributed by atoms with E-state index in [-0.39, 0.29) is 24.9 Å². The molecule has 0 saturated heterocycles. The van der Waals surface area contributed by atoms with Gasteiger partial charge in [0.15, 0.2) is 0 Å². The fourth-order valence-corrected chi connectivity index (χ4v) is 8.44. The second kappa shape index (κ2) is 51.1. The largest absolute Gasteiger partial charge is 0.462 e. The molecule has 0 aliphatic rings. The number of ether oxygens (including phenoxy) is 1. The normalized spacial score (nSPS) is 13.4. The minimum atomic E-state index is -0.790. The number of hydrogen-bond donors (Lipinski definition) is 3. The molecule has 0 aliphatic carbocycles. The van der Waals surface area contributed by atoms with E-state index in [2.05, 4.69) is 62.5 Å². The molecule has 0 heterocycles. The van der Waals surface area contributed by atoms with Crippen molar-refractivity contribution in [2.75, 3.05) is 6.61 Å². The Balaban J connectivity index is 4.53. The fourth-order valence-electron chi connectivity index (χ4n) is 8.44. The van der Waals surface area contributed by atoms with Gasteiger partial charge in [-0.05, 0) is 77.0 Å². The van der Waals surface area contributed by atoms with Crippen molar-refractivity contribution >= 4 is 11.9 Å². The van der Waals surface area contributed by atoms with Crippen LogP contribution in [0.5, 0.6) is 0 Å². The molecule has 0 bridgehead atoms. The Bertz CT molecular complexity index is 1040. The number of nitrogens with one attached hydrogen (secondary N) is 1. The number of allylic oxidation sites excluding steroid dienone is 6. The molecular formula is C57H107NO5. The summed E-state index contributed by atoms with van der Waals surface area (Å²) in [5.74, 6) is -0.482. The SMILES string of the molecule is CCCC/C=C\CCCCCCCC(=O)OC(CCCCCCCCC/C=C\C/C=C\CCCCC)CC(=O)NC(CO)C(O)CCCCCCCCCCCCCCCCCC. The summed E-state index contributed by atoms with van der Waals surface area (Å²) in [6.07, 6.45) is 60.6. The molecule has 3 N–H and O–H groups in total. The van der Waals surface area contributed by atoms with Crippen LogP contribution in [0.1, 0.15) is 290 Å². The molecule has 370 valence electrons. The minimum absolute atomic E-state index is 0.0714. The molecule has 3 unspecified atom stereocenters. The van der Waals surface area contributed by atoms with Crippen molar-refractivity contribution in [3.8, 4) is 0 Å². The van der Waals surface area contributed by atoms with E-state index in [4.69, 9.17) is 4.74 Å². The number of amides is 1. The summed E-state index contributed by atoms with van der Waals surface area (Å²) >= 11 is 0. The molecule has 0 aromatic carbocycles. The Morgan fingerprint density at radius 3 is 1.30 bits per heavy atom. The van der Waals surface area contributed by atoms with Gasteiger partial charge in [-0.1, -0.05) is 237 Å². The summed E-state index contributed by atoms with van der Waals surface area (Å²) < 4.78 is 5.94. The molecule has 1 amide bonds. The van der Waals surface area contributed by atoms with Gasteiger partial charge in [0, 0.05) is 6.42 Å². The number of carbonyl (C=O) groups is 2. The second-order valence-corrected chi connectivity index (χ2v) is 19.0. The Labute approximate surface area is 392 Å². The van der Waals surface area contributed by atoms with Crippen molar-refractivity contribution in [3.63, 3.8) is 0 Å². The average molecular weight is 886 g/mol. The van der Waals surface area contributed by atoms with E-state index < -0.39 is 18.2 Å². The second-order valence-electron chi connectivity index (χ2n) is 19.0. The van der Waals surface area contributed by atoms with Crippen LogP contribution in [-0.2, 0) is 14.3 Å². The van der Waals surface area contributed by atoms with Crippen LogP contribution in [0.3, 0.4) is 0 Å². The lowest BCUT2D eigenvalue weighted by Gasteiger charge is -2.24. The fraction of sp³-hybridized carbons (Fsp3) is 0.860. The Kier molecular flexibility index (Phi) is 49.5. The molecule has 0 radical (unpaired) electrons. The predicted octanol–water partition coefficient (Wildman–Crippen LogP) is 16.8. The molecule has 0 saturated carbocycles. The highest BCUT2D eigenvalue weighted by Crippen LogP contribution is 2.18. The molecule has 63 heavy (non-hydrogen) atoms. The molecule has 0 aromatic heterocycles. The van der Waals surface area contributed by atoms with Crippen molar-refractivity contribution < 1.29 is 24.5 Å². The Morgan fingerprint density at radius 2 is 0.825 bits per heavy atom.